The van der Waals surface area contributed by atoms with Gasteiger partial charge in [-0.25, -0.2) is 0 Å². The second-order valence-corrected chi connectivity index (χ2v) is 5.31. The van der Waals surface area contributed by atoms with Crippen molar-refractivity contribution < 1.29 is 4.74 Å². The van der Waals surface area contributed by atoms with E-state index in [2.05, 4.69) is 27.3 Å². The van der Waals surface area contributed by atoms with Crippen LogP contribution in [0.4, 0.5) is 5.69 Å². The number of benzene rings is 1. The predicted molar refractivity (Wildman–Crippen MR) is 64.4 cm³/mol. The Morgan fingerprint density at radius 2 is 2.20 bits per heavy atom. The molecule has 1 saturated carbocycles. The van der Waals surface area contributed by atoms with E-state index in [-0.39, 0.29) is 0 Å². The van der Waals surface area contributed by atoms with Gasteiger partial charge in [0.2, 0.25) is 0 Å². The smallest absolute Gasteiger partial charge is 0.142 e. The van der Waals surface area contributed by atoms with Gasteiger partial charge in [-0.05, 0) is 37.0 Å². The fourth-order valence-electron chi connectivity index (χ4n) is 2.26. The SMILES string of the molecule is Brc1ccc2c(c1)NC(C1CCC1)CO2. The van der Waals surface area contributed by atoms with E-state index in [9.17, 15) is 0 Å². The molecule has 1 heterocycles. The first kappa shape index (κ1) is 9.52. The highest BCUT2D eigenvalue weighted by molar-refractivity contribution is 9.10. The average Bonchev–Trinajstić information content (AvgIpc) is 2.14. The molecule has 80 valence electrons. The number of rotatable bonds is 1. The number of anilines is 1. The molecule has 2 nitrogen and oxygen atoms in total. The molecule has 2 aliphatic rings. The molecule has 1 aliphatic heterocycles. The van der Waals surface area contributed by atoms with Crippen molar-refractivity contribution in [1.82, 2.24) is 0 Å². The molecule has 1 atom stereocenters. The molecule has 0 radical (unpaired) electrons. The van der Waals surface area contributed by atoms with Crippen molar-refractivity contribution in [1.29, 1.82) is 0 Å². The van der Waals surface area contributed by atoms with Crippen LogP contribution in [0.15, 0.2) is 22.7 Å². The zero-order valence-electron chi connectivity index (χ0n) is 8.50. The molecular formula is C12H14BrNO. The Labute approximate surface area is 98.1 Å². The van der Waals surface area contributed by atoms with E-state index >= 15 is 0 Å². The zero-order chi connectivity index (χ0) is 10.3. The van der Waals surface area contributed by atoms with Crippen LogP contribution in [0.2, 0.25) is 0 Å². The van der Waals surface area contributed by atoms with Crippen molar-refractivity contribution in [2.24, 2.45) is 5.92 Å². The molecule has 1 aromatic rings. The predicted octanol–water partition coefficient (Wildman–Crippen LogP) is 3.42. The van der Waals surface area contributed by atoms with Crippen LogP contribution in [0.5, 0.6) is 5.75 Å². The van der Waals surface area contributed by atoms with Gasteiger partial charge in [0.15, 0.2) is 0 Å². The minimum absolute atomic E-state index is 0.514. The zero-order valence-corrected chi connectivity index (χ0v) is 10.1. The Bertz CT molecular complexity index is 376. The lowest BCUT2D eigenvalue weighted by Crippen LogP contribution is -2.40. The Balaban J connectivity index is 1.81. The molecule has 0 saturated heterocycles. The van der Waals surface area contributed by atoms with Crippen LogP contribution in [0.25, 0.3) is 0 Å². The molecule has 3 rings (SSSR count). The monoisotopic (exact) mass is 267 g/mol. The van der Waals surface area contributed by atoms with Gasteiger partial charge in [0.05, 0.1) is 11.7 Å². The molecule has 1 aliphatic carbocycles. The first-order chi connectivity index (χ1) is 7.33. The fourth-order valence-corrected chi connectivity index (χ4v) is 2.62. The molecule has 15 heavy (non-hydrogen) atoms. The Morgan fingerprint density at radius 3 is 2.93 bits per heavy atom. The fraction of sp³-hybridized carbons (Fsp3) is 0.500. The van der Waals surface area contributed by atoms with E-state index in [1.165, 1.54) is 19.3 Å². The summed E-state index contributed by atoms with van der Waals surface area (Å²) in [5, 5.41) is 3.58. The van der Waals surface area contributed by atoms with E-state index < -0.39 is 0 Å². The van der Waals surface area contributed by atoms with Gasteiger partial charge in [0, 0.05) is 4.47 Å². The largest absolute Gasteiger partial charge is 0.489 e. The van der Waals surface area contributed by atoms with E-state index in [1.54, 1.807) is 0 Å². The van der Waals surface area contributed by atoms with Gasteiger partial charge in [-0.1, -0.05) is 22.4 Å². The summed E-state index contributed by atoms with van der Waals surface area (Å²) < 4.78 is 6.87. The molecule has 0 bridgehead atoms. The summed E-state index contributed by atoms with van der Waals surface area (Å²) in [5.41, 5.74) is 1.13. The van der Waals surface area contributed by atoms with E-state index in [1.807, 2.05) is 12.1 Å². The van der Waals surface area contributed by atoms with Crippen LogP contribution in [-0.4, -0.2) is 12.6 Å². The van der Waals surface area contributed by atoms with E-state index in [0.717, 1.165) is 28.4 Å². The lowest BCUT2D eigenvalue weighted by atomic mass is 9.79. The maximum absolute atomic E-state index is 5.76. The van der Waals surface area contributed by atoms with Crippen LogP contribution < -0.4 is 10.1 Å². The van der Waals surface area contributed by atoms with Crippen LogP contribution in [0.1, 0.15) is 19.3 Å². The van der Waals surface area contributed by atoms with Gasteiger partial charge in [0.25, 0.3) is 0 Å². The van der Waals surface area contributed by atoms with Gasteiger partial charge in [-0.3, -0.25) is 0 Å². The van der Waals surface area contributed by atoms with Crippen LogP contribution >= 0.6 is 15.9 Å². The maximum Gasteiger partial charge on any atom is 0.142 e. The van der Waals surface area contributed by atoms with E-state index in [4.69, 9.17) is 4.74 Å². The molecular weight excluding hydrogens is 254 g/mol. The second kappa shape index (κ2) is 3.71. The Hall–Kier alpha value is -0.700. The molecule has 0 aromatic heterocycles. The molecule has 1 aromatic carbocycles. The third-order valence-corrected chi connectivity index (χ3v) is 3.91. The highest BCUT2D eigenvalue weighted by Crippen LogP contribution is 2.37. The van der Waals surface area contributed by atoms with Crippen molar-refractivity contribution in [2.45, 2.75) is 25.3 Å². The first-order valence-electron chi connectivity index (χ1n) is 5.52. The highest BCUT2D eigenvalue weighted by Gasteiger charge is 2.30. The lowest BCUT2D eigenvalue weighted by Gasteiger charge is -2.37. The normalized spacial score (nSPS) is 24.7. The number of halogens is 1. The Kier molecular flexibility index (Phi) is 2.35. The molecule has 1 fully saturated rings. The lowest BCUT2D eigenvalue weighted by molar-refractivity contribution is 0.191. The van der Waals surface area contributed by atoms with Gasteiger partial charge >= 0.3 is 0 Å². The topological polar surface area (TPSA) is 21.3 Å². The molecule has 3 heteroatoms. The minimum Gasteiger partial charge on any atom is -0.489 e. The number of fused-ring (bicyclic) bond motifs is 1. The summed E-state index contributed by atoms with van der Waals surface area (Å²) in [7, 11) is 0. The maximum atomic E-state index is 5.76. The number of hydrogen-bond donors (Lipinski definition) is 1. The van der Waals surface area contributed by atoms with Crippen molar-refractivity contribution in [3.05, 3.63) is 22.7 Å². The quantitative estimate of drug-likeness (QED) is 0.842. The summed E-state index contributed by atoms with van der Waals surface area (Å²) in [4.78, 5) is 0. The third kappa shape index (κ3) is 1.73. The van der Waals surface area contributed by atoms with Crippen LogP contribution in [0.3, 0.4) is 0 Å². The van der Waals surface area contributed by atoms with Crippen molar-refractivity contribution in [3.8, 4) is 5.75 Å². The first-order valence-corrected chi connectivity index (χ1v) is 6.31. The summed E-state index contributed by atoms with van der Waals surface area (Å²) in [6.07, 6.45) is 4.09. The van der Waals surface area contributed by atoms with Crippen LogP contribution in [-0.2, 0) is 0 Å². The summed E-state index contributed by atoms with van der Waals surface area (Å²) in [5.74, 6) is 1.80. The second-order valence-electron chi connectivity index (χ2n) is 4.39. The molecule has 0 spiro atoms. The Morgan fingerprint density at radius 1 is 1.33 bits per heavy atom. The van der Waals surface area contributed by atoms with E-state index in [0.29, 0.717) is 6.04 Å². The average molecular weight is 268 g/mol. The van der Waals surface area contributed by atoms with Crippen molar-refractivity contribution >= 4 is 21.6 Å². The molecule has 0 amide bonds. The standard InChI is InChI=1S/C12H14BrNO/c13-9-4-5-12-10(6-9)14-11(7-15-12)8-2-1-3-8/h4-6,8,11,14H,1-3,7H2. The summed E-state index contributed by atoms with van der Waals surface area (Å²) in [6.45, 7) is 0.819. The summed E-state index contributed by atoms with van der Waals surface area (Å²) in [6, 6.07) is 6.65. The van der Waals surface area contributed by atoms with Gasteiger partial charge in [-0.2, -0.15) is 0 Å². The molecule has 1 unspecified atom stereocenters. The van der Waals surface area contributed by atoms with Gasteiger partial charge < -0.3 is 10.1 Å². The molecule has 1 N–H and O–H groups in total. The number of nitrogens with one attached hydrogen (secondary N) is 1. The summed E-state index contributed by atoms with van der Waals surface area (Å²) >= 11 is 3.48. The number of ether oxygens (including phenoxy) is 1. The van der Waals surface area contributed by atoms with Crippen molar-refractivity contribution in [2.75, 3.05) is 11.9 Å². The number of hydrogen-bond acceptors (Lipinski definition) is 2. The van der Waals surface area contributed by atoms with Gasteiger partial charge in [0.1, 0.15) is 12.4 Å². The third-order valence-electron chi connectivity index (χ3n) is 3.42. The minimum atomic E-state index is 0.514. The highest BCUT2D eigenvalue weighted by atomic mass is 79.9. The van der Waals surface area contributed by atoms with Crippen LogP contribution in [0, 0.1) is 5.92 Å². The van der Waals surface area contributed by atoms with Gasteiger partial charge in [-0.15, -0.1) is 0 Å². The van der Waals surface area contributed by atoms with Crippen molar-refractivity contribution in [3.63, 3.8) is 0 Å².